The second kappa shape index (κ2) is 9.76. The van der Waals surface area contributed by atoms with E-state index in [-0.39, 0.29) is 18.3 Å². The maximum absolute atomic E-state index is 13.2. The second-order valence-corrected chi connectivity index (χ2v) is 5.01. The Hall–Kier alpha value is -2.11. The zero-order valence-electron chi connectivity index (χ0n) is 13.5. The third-order valence-corrected chi connectivity index (χ3v) is 2.95. The predicted octanol–water partition coefficient (Wildman–Crippen LogP) is 1.75. The second-order valence-electron chi connectivity index (χ2n) is 5.01. The van der Waals surface area contributed by atoms with Crippen LogP contribution in [0.3, 0.4) is 0 Å². The first-order valence-corrected chi connectivity index (χ1v) is 7.57. The summed E-state index contributed by atoms with van der Waals surface area (Å²) in [7, 11) is 1.86. The molecule has 5 nitrogen and oxygen atoms in total. The average Bonchev–Trinajstić information content (AvgIpc) is 2.49. The molecule has 0 bridgehead atoms. The van der Waals surface area contributed by atoms with Crippen molar-refractivity contribution in [2.24, 2.45) is 4.99 Å². The zero-order chi connectivity index (χ0) is 16.4. The monoisotopic (exact) mass is 308 g/mol. The highest BCUT2D eigenvalue weighted by atomic mass is 19.1. The molecule has 0 atom stereocenters. The van der Waals surface area contributed by atoms with Crippen LogP contribution in [0.15, 0.2) is 29.3 Å². The highest BCUT2D eigenvalue weighted by Crippen LogP contribution is 2.06. The topological polar surface area (TPSA) is 56.7 Å². The van der Waals surface area contributed by atoms with Gasteiger partial charge >= 0.3 is 0 Å². The van der Waals surface area contributed by atoms with Crippen molar-refractivity contribution >= 4 is 11.9 Å². The number of rotatable bonds is 7. The summed E-state index contributed by atoms with van der Waals surface area (Å²) in [5.74, 6) is 0.265. The van der Waals surface area contributed by atoms with Crippen molar-refractivity contribution < 1.29 is 9.18 Å². The number of carbonyl (C=O) groups excluding carboxylic acids is 1. The lowest BCUT2D eigenvalue weighted by molar-refractivity contribution is -0.119. The van der Waals surface area contributed by atoms with Crippen LogP contribution in [0.25, 0.3) is 0 Å². The molecule has 0 aliphatic rings. The fourth-order valence-electron chi connectivity index (χ4n) is 1.92. The molecule has 0 heterocycles. The van der Waals surface area contributed by atoms with Gasteiger partial charge < -0.3 is 15.5 Å². The van der Waals surface area contributed by atoms with E-state index in [0.29, 0.717) is 25.6 Å². The van der Waals surface area contributed by atoms with E-state index in [9.17, 15) is 9.18 Å². The fraction of sp³-hybridized carbons (Fsp3) is 0.500. The molecule has 0 fully saturated rings. The van der Waals surface area contributed by atoms with Gasteiger partial charge in [-0.25, -0.2) is 9.38 Å². The van der Waals surface area contributed by atoms with Gasteiger partial charge in [0.15, 0.2) is 5.96 Å². The van der Waals surface area contributed by atoms with Gasteiger partial charge in [-0.2, -0.15) is 0 Å². The van der Waals surface area contributed by atoms with Gasteiger partial charge in [0, 0.05) is 26.7 Å². The van der Waals surface area contributed by atoms with Gasteiger partial charge in [0.1, 0.15) is 12.4 Å². The minimum atomic E-state index is -0.258. The molecule has 0 spiro atoms. The number of benzene rings is 1. The molecule has 22 heavy (non-hydrogen) atoms. The smallest absolute Gasteiger partial charge is 0.241 e. The Morgan fingerprint density at radius 2 is 2.09 bits per heavy atom. The maximum Gasteiger partial charge on any atom is 0.241 e. The minimum absolute atomic E-state index is 0.0792. The molecule has 0 unspecified atom stereocenters. The van der Waals surface area contributed by atoms with E-state index < -0.39 is 0 Å². The Morgan fingerprint density at radius 1 is 1.32 bits per heavy atom. The molecule has 1 amide bonds. The molecule has 1 aromatic carbocycles. The molecule has 0 aliphatic heterocycles. The quantitative estimate of drug-likeness (QED) is 0.596. The van der Waals surface area contributed by atoms with Crippen LogP contribution in [-0.2, 0) is 11.3 Å². The number of amides is 1. The SMILES string of the molecule is CCCNC(=O)CN=C(NCC)N(C)Cc1cccc(F)c1. The summed E-state index contributed by atoms with van der Waals surface area (Å²) in [5, 5.41) is 5.91. The molecule has 1 rings (SSSR count). The van der Waals surface area contributed by atoms with Crippen LogP contribution in [0.4, 0.5) is 4.39 Å². The summed E-state index contributed by atoms with van der Waals surface area (Å²) in [6, 6.07) is 6.45. The van der Waals surface area contributed by atoms with E-state index in [1.807, 2.05) is 31.9 Å². The number of hydrogen-bond acceptors (Lipinski definition) is 2. The van der Waals surface area contributed by atoms with Crippen LogP contribution in [0.1, 0.15) is 25.8 Å². The first-order chi connectivity index (χ1) is 10.6. The van der Waals surface area contributed by atoms with Gasteiger partial charge in [0.2, 0.25) is 5.91 Å². The van der Waals surface area contributed by atoms with E-state index >= 15 is 0 Å². The van der Waals surface area contributed by atoms with Crippen molar-refractivity contribution in [3.63, 3.8) is 0 Å². The van der Waals surface area contributed by atoms with Crippen molar-refractivity contribution in [2.45, 2.75) is 26.8 Å². The number of nitrogens with one attached hydrogen (secondary N) is 2. The number of carbonyl (C=O) groups is 1. The molecular weight excluding hydrogens is 283 g/mol. The number of nitrogens with zero attached hydrogens (tertiary/aromatic N) is 2. The van der Waals surface area contributed by atoms with Gasteiger partial charge in [-0.1, -0.05) is 19.1 Å². The Labute approximate surface area is 131 Å². The van der Waals surface area contributed by atoms with E-state index in [1.165, 1.54) is 12.1 Å². The van der Waals surface area contributed by atoms with Crippen LogP contribution in [-0.4, -0.2) is 43.4 Å². The summed E-state index contributed by atoms with van der Waals surface area (Å²) >= 11 is 0. The zero-order valence-corrected chi connectivity index (χ0v) is 13.5. The minimum Gasteiger partial charge on any atom is -0.357 e. The predicted molar refractivity (Wildman–Crippen MR) is 87.1 cm³/mol. The van der Waals surface area contributed by atoms with Gasteiger partial charge in [-0.05, 0) is 31.0 Å². The van der Waals surface area contributed by atoms with Crippen molar-refractivity contribution in [1.29, 1.82) is 0 Å². The van der Waals surface area contributed by atoms with Gasteiger partial charge in [-0.15, -0.1) is 0 Å². The molecule has 0 aliphatic carbocycles. The molecule has 0 saturated heterocycles. The maximum atomic E-state index is 13.2. The summed E-state index contributed by atoms with van der Waals surface area (Å²) in [6.45, 7) is 5.91. The molecule has 2 N–H and O–H groups in total. The van der Waals surface area contributed by atoms with Gasteiger partial charge in [0.05, 0.1) is 0 Å². The summed E-state index contributed by atoms with van der Waals surface area (Å²) < 4.78 is 13.2. The first-order valence-electron chi connectivity index (χ1n) is 7.57. The Morgan fingerprint density at radius 3 is 2.73 bits per heavy atom. The number of hydrogen-bond donors (Lipinski definition) is 2. The summed E-state index contributed by atoms with van der Waals surface area (Å²) in [6.07, 6.45) is 0.898. The van der Waals surface area contributed by atoms with Gasteiger partial charge in [-0.3, -0.25) is 4.79 Å². The molecule has 0 aromatic heterocycles. The van der Waals surface area contributed by atoms with Crippen molar-refractivity contribution in [2.75, 3.05) is 26.7 Å². The molecule has 6 heteroatoms. The van der Waals surface area contributed by atoms with Crippen molar-refractivity contribution in [3.8, 4) is 0 Å². The average molecular weight is 308 g/mol. The Kier molecular flexibility index (Phi) is 7.96. The van der Waals surface area contributed by atoms with E-state index in [2.05, 4.69) is 15.6 Å². The molecule has 0 radical (unpaired) electrons. The largest absolute Gasteiger partial charge is 0.357 e. The molecule has 122 valence electrons. The summed E-state index contributed by atoms with van der Waals surface area (Å²) in [4.78, 5) is 17.8. The van der Waals surface area contributed by atoms with Crippen LogP contribution in [0, 0.1) is 5.82 Å². The third-order valence-electron chi connectivity index (χ3n) is 2.95. The lowest BCUT2D eigenvalue weighted by Crippen LogP contribution is -2.39. The molecule has 1 aromatic rings. The standard InChI is InChI=1S/C16H25FN4O/c1-4-9-19-15(22)11-20-16(18-5-2)21(3)12-13-7-6-8-14(17)10-13/h6-8,10H,4-5,9,11-12H2,1-3H3,(H,18,20)(H,19,22). The summed E-state index contributed by atoms with van der Waals surface area (Å²) in [5.41, 5.74) is 0.850. The Bertz CT molecular complexity index is 505. The fourth-order valence-corrected chi connectivity index (χ4v) is 1.92. The van der Waals surface area contributed by atoms with E-state index in [4.69, 9.17) is 0 Å². The van der Waals surface area contributed by atoms with E-state index in [0.717, 1.165) is 12.0 Å². The molecule has 0 saturated carbocycles. The number of halogens is 1. The molecular formula is C16H25FN4O. The van der Waals surface area contributed by atoms with Crippen LogP contribution < -0.4 is 10.6 Å². The third kappa shape index (κ3) is 6.56. The van der Waals surface area contributed by atoms with Crippen LogP contribution >= 0.6 is 0 Å². The highest BCUT2D eigenvalue weighted by Gasteiger charge is 2.08. The van der Waals surface area contributed by atoms with E-state index in [1.54, 1.807) is 6.07 Å². The lowest BCUT2D eigenvalue weighted by atomic mass is 10.2. The van der Waals surface area contributed by atoms with Gasteiger partial charge in [0.25, 0.3) is 0 Å². The van der Waals surface area contributed by atoms with Crippen LogP contribution in [0.5, 0.6) is 0 Å². The highest BCUT2D eigenvalue weighted by molar-refractivity contribution is 5.84. The number of aliphatic imine (C=N–C) groups is 1. The van der Waals surface area contributed by atoms with Crippen molar-refractivity contribution in [1.82, 2.24) is 15.5 Å². The first kappa shape index (κ1) is 17.9. The Balaban J connectivity index is 2.66. The van der Waals surface area contributed by atoms with Crippen molar-refractivity contribution in [3.05, 3.63) is 35.6 Å². The lowest BCUT2D eigenvalue weighted by Gasteiger charge is -2.22. The number of guanidine groups is 1. The normalized spacial score (nSPS) is 11.2. The van der Waals surface area contributed by atoms with Crippen LogP contribution in [0.2, 0.25) is 0 Å².